The molecule has 1 fully saturated rings. The molecular weight excluding hydrogens is 448 g/mol. The molecule has 0 radical (unpaired) electrons. The molecule has 10 heteroatoms. The number of alkyl carbamates (subject to hydrolysis) is 1. The molecule has 1 saturated heterocycles. The van der Waals surface area contributed by atoms with Gasteiger partial charge in [0.15, 0.2) is 0 Å². The molecule has 2 aromatic rings. The largest absolute Gasteiger partial charge is 0.492 e. The van der Waals surface area contributed by atoms with Crippen molar-refractivity contribution in [1.29, 1.82) is 0 Å². The average molecular weight is 476 g/mol. The molecule has 0 saturated carbocycles. The third-order valence-corrected chi connectivity index (χ3v) is 5.96. The van der Waals surface area contributed by atoms with Crippen molar-refractivity contribution >= 4 is 25.0 Å². The van der Waals surface area contributed by atoms with Crippen LogP contribution in [0.5, 0.6) is 0 Å². The van der Waals surface area contributed by atoms with E-state index in [-0.39, 0.29) is 18.8 Å². The number of ether oxygens (including phenoxy) is 1. The Bertz CT molecular complexity index is 1040. The first-order valence-electron chi connectivity index (χ1n) is 10.8. The number of halogens is 3. The summed E-state index contributed by atoms with van der Waals surface area (Å²) in [5.74, 6) is 0. The van der Waals surface area contributed by atoms with Gasteiger partial charge < -0.3 is 25.1 Å². The maximum Gasteiger partial charge on any atom is 0.492 e. The first-order valence-corrected chi connectivity index (χ1v) is 10.8. The van der Waals surface area contributed by atoms with Gasteiger partial charge in [0.1, 0.15) is 6.61 Å². The maximum absolute atomic E-state index is 13.0. The van der Waals surface area contributed by atoms with Crippen molar-refractivity contribution in [3.05, 3.63) is 70.7 Å². The van der Waals surface area contributed by atoms with Crippen LogP contribution >= 0.6 is 0 Å². The van der Waals surface area contributed by atoms with Gasteiger partial charge in [-0.05, 0) is 56.4 Å². The van der Waals surface area contributed by atoms with E-state index >= 15 is 0 Å². The lowest BCUT2D eigenvalue weighted by atomic mass is 9.76. The van der Waals surface area contributed by atoms with E-state index in [1.165, 1.54) is 6.07 Å². The number of nitrogens with two attached hydrogens (primary N) is 1. The fourth-order valence-electron chi connectivity index (χ4n) is 3.23. The predicted molar refractivity (Wildman–Crippen MR) is 125 cm³/mol. The Morgan fingerprint density at radius 2 is 1.71 bits per heavy atom. The molecule has 0 aromatic heterocycles. The highest BCUT2D eigenvalue weighted by molar-refractivity contribution is 6.56. The van der Waals surface area contributed by atoms with Crippen LogP contribution in [-0.2, 0) is 26.8 Å². The van der Waals surface area contributed by atoms with E-state index in [2.05, 4.69) is 5.32 Å². The standard InChI is InChI=1S/C24H28BF3N2O4/c1-22(2)23(3,4)34-25(33-22)19(12-17-10-11-18(13-20(17)29)24(26,27)28)14-30-21(31)32-15-16-8-6-5-7-9-16/h5-13H,14-15,29H2,1-4H3,(H,30,31). The van der Waals surface area contributed by atoms with E-state index in [4.69, 9.17) is 19.8 Å². The van der Waals surface area contributed by atoms with Crippen LogP contribution in [0.25, 0.3) is 6.08 Å². The summed E-state index contributed by atoms with van der Waals surface area (Å²) >= 11 is 0. The van der Waals surface area contributed by atoms with Crippen molar-refractivity contribution in [1.82, 2.24) is 5.32 Å². The lowest BCUT2D eigenvalue weighted by Gasteiger charge is -2.32. The Balaban J connectivity index is 1.80. The molecule has 1 aliphatic rings. The van der Waals surface area contributed by atoms with Gasteiger partial charge in [0.05, 0.1) is 16.8 Å². The molecular formula is C24H28BF3N2O4. The summed E-state index contributed by atoms with van der Waals surface area (Å²) in [4.78, 5) is 12.3. The highest BCUT2D eigenvalue weighted by Gasteiger charge is 2.52. The number of benzene rings is 2. The fourth-order valence-corrected chi connectivity index (χ4v) is 3.23. The van der Waals surface area contributed by atoms with Gasteiger partial charge in [0.25, 0.3) is 0 Å². The molecule has 182 valence electrons. The summed E-state index contributed by atoms with van der Waals surface area (Å²) in [6.07, 6.45) is -3.60. The van der Waals surface area contributed by atoms with Crippen molar-refractivity contribution in [3.8, 4) is 0 Å². The number of rotatable bonds is 6. The molecule has 3 N–H and O–H groups in total. The van der Waals surface area contributed by atoms with Crippen LogP contribution in [0.2, 0.25) is 0 Å². The summed E-state index contributed by atoms with van der Waals surface area (Å²) in [6, 6.07) is 12.3. The first kappa shape index (κ1) is 25.6. The predicted octanol–water partition coefficient (Wildman–Crippen LogP) is 5.23. The summed E-state index contributed by atoms with van der Waals surface area (Å²) in [5.41, 5.74) is 5.33. The zero-order chi connectivity index (χ0) is 25.1. The molecule has 3 rings (SSSR count). The van der Waals surface area contributed by atoms with E-state index in [0.29, 0.717) is 11.0 Å². The van der Waals surface area contributed by atoms with Gasteiger partial charge in [-0.3, -0.25) is 0 Å². The molecule has 0 atom stereocenters. The van der Waals surface area contributed by atoms with Gasteiger partial charge in [0, 0.05) is 12.2 Å². The van der Waals surface area contributed by atoms with E-state index in [1.54, 1.807) is 6.08 Å². The van der Waals surface area contributed by atoms with Crippen LogP contribution in [0.4, 0.5) is 23.7 Å². The molecule has 0 unspecified atom stereocenters. The third-order valence-electron chi connectivity index (χ3n) is 5.96. The second-order valence-electron chi connectivity index (χ2n) is 9.06. The molecule has 0 aliphatic carbocycles. The van der Waals surface area contributed by atoms with Gasteiger partial charge in [-0.25, -0.2) is 4.79 Å². The van der Waals surface area contributed by atoms with Gasteiger partial charge in [-0.1, -0.05) is 42.5 Å². The average Bonchev–Trinajstić information content (AvgIpc) is 2.97. The summed E-state index contributed by atoms with van der Waals surface area (Å²) in [7, 11) is -0.846. The normalized spacial score (nSPS) is 17.5. The van der Waals surface area contributed by atoms with E-state index < -0.39 is 36.2 Å². The number of nitrogens with one attached hydrogen (secondary N) is 1. The van der Waals surface area contributed by atoms with Crippen molar-refractivity contribution in [3.63, 3.8) is 0 Å². The monoisotopic (exact) mass is 476 g/mol. The van der Waals surface area contributed by atoms with Crippen LogP contribution < -0.4 is 11.1 Å². The van der Waals surface area contributed by atoms with Crippen molar-refractivity contribution in [2.75, 3.05) is 12.3 Å². The smallest absolute Gasteiger partial charge is 0.445 e. The zero-order valence-electron chi connectivity index (χ0n) is 19.5. The SMILES string of the molecule is CC1(C)OB(C(=Cc2ccc(C(F)(F)F)cc2N)CNC(=O)OCc2ccccc2)OC1(C)C. The molecule has 1 aliphatic heterocycles. The minimum atomic E-state index is -4.50. The quantitative estimate of drug-likeness (QED) is 0.441. The molecule has 34 heavy (non-hydrogen) atoms. The molecule has 0 bridgehead atoms. The summed E-state index contributed by atoms with van der Waals surface area (Å²) in [6.45, 7) is 7.56. The van der Waals surface area contributed by atoms with Gasteiger partial charge >= 0.3 is 19.4 Å². The number of carbonyl (C=O) groups is 1. The Morgan fingerprint density at radius 3 is 2.26 bits per heavy atom. The van der Waals surface area contributed by atoms with Crippen LogP contribution in [0.3, 0.4) is 0 Å². The number of hydrogen-bond acceptors (Lipinski definition) is 5. The maximum atomic E-state index is 13.0. The molecule has 1 heterocycles. The second kappa shape index (κ2) is 9.72. The number of nitrogen functional groups attached to an aromatic ring is 1. The Morgan fingerprint density at radius 1 is 1.09 bits per heavy atom. The lowest BCUT2D eigenvalue weighted by Crippen LogP contribution is -2.41. The van der Waals surface area contributed by atoms with Crippen molar-refractivity contribution in [2.24, 2.45) is 0 Å². The van der Waals surface area contributed by atoms with Crippen molar-refractivity contribution in [2.45, 2.75) is 51.7 Å². The second-order valence-corrected chi connectivity index (χ2v) is 9.06. The number of amides is 1. The van der Waals surface area contributed by atoms with Crippen molar-refractivity contribution < 1.29 is 32.0 Å². The highest BCUT2D eigenvalue weighted by atomic mass is 19.4. The summed E-state index contributed by atoms with van der Waals surface area (Å²) < 4.78 is 56.4. The minimum absolute atomic E-state index is 0.0229. The van der Waals surface area contributed by atoms with Gasteiger partial charge in [0.2, 0.25) is 0 Å². The number of hydrogen-bond donors (Lipinski definition) is 2. The van der Waals surface area contributed by atoms with E-state index in [0.717, 1.165) is 17.7 Å². The van der Waals surface area contributed by atoms with Crippen LogP contribution in [0, 0.1) is 0 Å². The number of anilines is 1. The van der Waals surface area contributed by atoms with E-state index in [9.17, 15) is 18.0 Å². The highest BCUT2D eigenvalue weighted by Crippen LogP contribution is 2.39. The molecule has 1 amide bonds. The Labute approximate surface area is 197 Å². The van der Waals surface area contributed by atoms with Crippen LogP contribution in [-0.4, -0.2) is 31.0 Å². The molecule has 0 spiro atoms. The minimum Gasteiger partial charge on any atom is -0.445 e. The fraction of sp³-hybridized carbons (Fsp3) is 0.375. The topological polar surface area (TPSA) is 82.8 Å². The molecule has 2 aromatic carbocycles. The first-order chi connectivity index (χ1) is 15.8. The Kier molecular flexibility index (Phi) is 7.33. The third kappa shape index (κ3) is 6.12. The van der Waals surface area contributed by atoms with Gasteiger partial charge in [-0.2, -0.15) is 13.2 Å². The molecule has 6 nitrogen and oxygen atoms in total. The Hall–Kier alpha value is -2.98. The van der Waals surface area contributed by atoms with Gasteiger partial charge in [-0.15, -0.1) is 0 Å². The van der Waals surface area contributed by atoms with Crippen LogP contribution in [0.15, 0.2) is 54.0 Å². The van der Waals surface area contributed by atoms with Crippen LogP contribution in [0.1, 0.15) is 44.4 Å². The lowest BCUT2D eigenvalue weighted by molar-refractivity contribution is -0.137. The number of alkyl halides is 3. The zero-order valence-corrected chi connectivity index (χ0v) is 19.5. The summed E-state index contributed by atoms with van der Waals surface area (Å²) in [5, 5.41) is 2.65. The van der Waals surface area contributed by atoms with E-state index in [1.807, 2.05) is 58.0 Å². The number of carbonyl (C=O) groups excluding carboxylic acids is 1.